The fourth-order valence-electron chi connectivity index (χ4n) is 5.69. The van der Waals surface area contributed by atoms with Crippen molar-refractivity contribution in [1.82, 2.24) is 15.2 Å². The number of hydrogen-bond donors (Lipinski definition) is 2. The lowest BCUT2D eigenvalue weighted by atomic mass is 9.81. The van der Waals surface area contributed by atoms with E-state index in [1.807, 2.05) is 17.0 Å². The maximum absolute atomic E-state index is 13.6. The van der Waals surface area contributed by atoms with Crippen molar-refractivity contribution in [3.63, 3.8) is 0 Å². The monoisotopic (exact) mass is 404 g/mol. The summed E-state index contributed by atoms with van der Waals surface area (Å²) in [6.07, 6.45) is 2.27. The van der Waals surface area contributed by atoms with E-state index >= 15 is 0 Å². The predicted molar refractivity (Wildman–Crippen MR) is 116 cm³/mol. The summed E-state index contributed by atoms with van der Waals surface area (Å²) in [5.41, 5.74) is 3.46. The van der Waals surface area contributed by atoms with Crippen molar-refractivity contribution in [1.29, 1.82) is 0 Å². The number of H-pyrrole nitrogens is 1. The molecule has 0 radical (unpaired) electrons. The molecule has 0 saturated carbocycles. The maximum Gasteiger partial charge on any atom is 0.274 e. The van der Waals surface area contributed by atoms with Crippen LogP contribution in [-0.2, 0) is 5.41 Å². The Morgan fingerprint density at radius 2 is 2.03 bits per heavy atom. The molecular weight excluding hydrogens is 379 g/mol. The Hall–Kier alpha value is -2.70. The van der Waals surface area contributed by atoms with E-state index in [0.717, 1.165) is 43.7 Å². The van der Waals surface area contributed by atoms with Gasteiger partial charge in [-0.1, -0.05) is 18.2 Å². The minimum atomic E-state index is -0.304. The van der Waals surface area contributed by atoms with Crippen LogP contribution in [0.15, 0.2) is 48.5 Å². The summed E-state index contributed by atoms with van der Waals surface area (Å²) >= 11 is 0. The number of hydrogen-bond acceptors (Lipinski definition) is 3. The van der Waals surface area contributed by atoms with Crippen LogP contribution in [0.4, 0.5) is 10.1 Å². The molecule has 2 N–H and O–H groups in total. The van der Waals surface area contributed by atoms with Gasteiger partial charge in [0.1, 0.15) is 11.5 Å². The molecule has 1 amide bonds. The summed E-state index contributed by atoms with van der Waals surface area (Å²) in [5, 5.41) is 4.33. The van der Waals surface area contributed by atoms with Crippen molar-refractivity contribution in [2.75, 3.05) is 37.6 Å². The van der Waals surface area contributed by atoms with Crippen LogP contribution >= 0.6 is 0 Å². The minimum Gasteiger partial charge on any atom is -0.350 e. The number of carbonyl (C=O) groups is 1. The van der Waals surface area contributed by atoms with Crippen molar-refractivity contribution >= 4 is 22.5 Å². The van der Waals surface area contributed by atoms with Crippen molar-refractivity contribution in [3.05, 3.63) is 65.6 Å². The Labute approximate surface area is 174 Å². The third-order valence-corrected chi connectivity index (χ3v) is 7.22. The lowest BCUT2D eigenvalue weighted by Crippen LogP contribution is -2.41. The van der Waals surface area contributed by atoms with Gasteiger partial charge in [-0.25, -0.2) is 4.39 Å². The minimum absolute atomic E-state index is 0.00698. The van der Waals surface area contributed by atoms with Gasteiger partial charge in [0.25, 0.3) is 5.91 Å². The lowest BCUT2D eigenvalue weighted by molar-refractivity contribution is 0.0980. The van der Waals surface area contributed by atoms with E-state index < -0.39 is 0 Å². The molecule has 6 rings (SSSR count). The zero-order valence-electron chi connectivity index (χ0n) is 16.8. The van der Waals surface area contributed by atoms with Crippen LogP contribution in [0.3, 0.4) is 0 Å². The van der Waals surface area contributed by atoms with Gasteiger partial charge in [0.05, 0.1) is 0 Å². The summed E-state index contributed by atoms with van der Waals surface area (Å²) < 4.78 is 13.6. The molecule has 2 fully saturated rings. The average Bonchev–Trinajstić information content (AvgIpc) is 3.54. The molecule has 0 bridgehead atoms. The van der Waals surface area contributed by atoms with E-state index in [1.54, 1.807) is 6.07 Å². The number of aromatic amines is 1. The number of likely N-dealkylation sites (tertiary alicyclic amines) is 1. The zero-order valence-corrected chi connectivity index (χ0v) is 16.8. The number of para-hydroxylation sites is 1. The number of nitrogens with one attached hydrogen (secondary N) is 2. The Bertz CT molecular complexity index is 1140. The highest BCUT2D eigenvalue weighted by Gasteiger charge is 2.50. The molecule has 5 nitrogen and oxygen atoms in total. The van der Waals surface area contributed by atoms with Gasteiger partial charge in [-0.3, -0.25) is 9.69 Å². The van der Waals surface area contributed by atoms with Crippen LogP contribution in [-0.4, -0.2) is 54.6 Å². The molecular formula is C24H25FN4O. The molecule has 2 atom stereocenters. The summed E-state index contributed by atoms with van der Waals surface area (Å²) in [6.45, 7) is 4.93. The van der Waals surface area contributed by atoms with Crippen LogP contribution in [0, 0.1) is 5.82 Å². The average molecular weight is 404 g/mol. The molecule has 3 aliphatic rings. The van der Waals surface area contributed by atoms with E-state index in [2.05, 4.69) is 33.4 Å². The quantitative estimate of drug-likeness (QED) is 0.689. The molecule has 1 unspecified atom stereocenters. The number of anilines is 1. The summed E-state index contributed by atoms with van der Waals surface area (Å²) in [7, 11) is 0. The fourth-order valence-corrected chi connectivity index (χ4v) is 5.69. The Morgan fingerprint density at radius 1 is 1.13 bits per heavy atom. The zero-order chi connectivity index (χ0) is 20.3. The number of rotatable bonds is 2. The third-order valence-electron chi connectivity index (χ3n) is 7.22. The molecule has 6 heteroatoms. The van der Waals surface area contributed by atoms with E-state index in [4.69, 9.17) is 0 Å². The number of nitrogens with zero attached hydrogens (tertiary/aromatic N) is 2. The topological polar surface area (TPSA) is 51.4 Å². The lowest BCUT2D eigenvalue weighted by Gasteiger charge is -2.28. The van der Waals surface area contributed by atoms with Crippen molar-refractivity contribution in [3.8, 4) is 0 Å². The fraction of sp³-hybridized carbons (Fsp3) is 0.375. The second-order valence-electron chi connectivity index (χ2n) is 8.97. The molecule has 1 spiro atoms. The highest BCUT2D eigenvalue weighted by atomic mass is 19.1. The summed E-state index contributed by atoms with van der Waals surface area (Å²) in [4.78, 5) is 21.2. The standard InChI is InChI=1S/C24H25FN4O/c25-17-6-5-16-11-21(27-20(16)12-17)23(30)29-15-24(19-3-1-2-4-22(19)29)8-10-28(14-24)18-7-9-26-13-18/h1-6,11-12,18,26-27H,7-10,13-15H2/t18?,24-/m0/s1. The van der Waals surface area contributed by atoms with Gasteiger partial charge in [-0.05, 0) is 61.8 Å². The van der Waals surface area contributed by atoms with Gasteiger partial charge in [-0.2, -0.15) is 0 Å². The molecule has 2 saturated heterocycles. The second-order valence-corrected chi connectivity index (χ2v) is 8.97. The molecule has 2 aromatic carbocycles. The van der Waals surface area contributed by atoms with Gasteiger partial charge in [0.2, 0.25) is 0 Å². The highest BCUT2D eigenvalue weighted by Crippen LogP contribution is 2.47. The number of aromatic nitrogens is 1. The summed E-state index contributed by atoms with van der Waals surface area (Å²) in [5.74, 6) is -0.349. The second kappa shape index (κ2) is 6.65. The van der Waals surface area contributed by atoms with Gasteiger partial charge in [-0.15, -0.1) is 0 Å². The molecule has 1 aromatic heterocycles. The normalized spacial score (nSPS) is 26.2. The van der Waals surface area contributed by atoms with Gasteiger partial charge < -0.3 is 15.2 Å². The number of halogens is 1. The number of carbonyl (C=O) groups excluding carboxylic acids is 1. The molecule has 0 aliphatic carbocycles. The van der Waals surface area contributed by atoms with E-state index in [1.165, 1.54) is 24.1 Å². The smallest absolute Gasteiger partial charge is 0.274 e. The summed E-state index contributed by atoms with van der Waals surface area (Å²) in [6, 6.07) is 15.4. The molecule has 154 valence electrons. The highest BCUT2D eigenvalue weighted by molar-refractivity contribution is 6.09. The largest absolute Gasteiger partial charge is 0.350 e. The first-order valence-electron chi connectivity index (χ1n) is 10.8. The molecule has 3 aliphatic heterocycles. The third kappa shape index (κ3) is 2.71. The SMILES string of the molecule is O=C(c1cc2ccc(F)cc2[nH]1)N1C[C@@]2(CCN(C3CCNC3)C2)c2ccccc21. The number of benzene rings is 2. The van der Waals surface area contributed by atoms with E-state index in [9.17, 15) is 9.18 Å². The van der Waals surface area contributed by atoms with Crippen LogP contribution < -0.4 is 10.2 Å². The van der Waals surface area contributed by atoms with Crippen molar-refractivity contribution in [2.24, 2.45) is 0 Å². The molecule has 30 heavy (non-hydrogen) atoms. The predicted octanol–water partition coefficient (Wildman–Crippen LogP) is 3.27. The van der Waals surface area contributed by atoms with Crippen LogP contribution in [0.2, 0.25) is 0 Å². The van der Waals surface area contributed by atoms with Crippen molar-refractivity contribution < 1.29 is 9.18 Å². The van der Waals surface area contributed by atoms with Gasteiger partial charge in [0, 0.05) is 47.7 Å². The van der Waals surface area contributed by atoms with E-state index in [-0.39, 0.29) is 17.1 Å². The van der Waals surface area contributed by atoms with Crippen LogP contribution in [0.1, 0.15) is 28.9 Å². The van der Waals surface area contributed by atoms with Crippen LogP contribution in [0.25, 0.3) is 10.9 Å². The van der Waals surface area contributed by atoms with Gasteiger partial charge in [0.15, 0.2) is 0 Å². The van der Waals surface area contributed by atoms with Crippen molar-refractivity contribution in [2.45, 2.75) is 24.3 Å². The number of fused-ring (bicyclic) bond motifs is 3. The first kappa shape index (κ1) is 18.1. The first-order valence-corrected chi connectivity index (χ1v) is 10.8. The van der Waals surface area contributed by atoms with E-state index in [0.29, 0.717) is 23.8 Å². The Morgan fingerprint density at radius 3 is 2.90 bits per heavy atom. The first-order chi connectivity index (χ1) is 14.6. The molecule has 4 heterocycles. The van der Waals surface area contributed by atoms with Crippen LogP contribution in [0.5, 0.6) is 0 Å². The maximum atomic E-state index is 13.6. The molecule has 3 aromatic rings. The number of amides is 1. The Kier molecular flexibility index (Phi) is 4.01. The Balaban J connectivity index is 1.34. The van der Waals surface area contributed by atoms with Gasteiger partial charge >= 0.3 is 0 Å².